The highest BCUT2D eigenvalue weighted by molar-refractivity contribution is 5.32. The molecule has 1 rings (SSSR count). The Balaban J connectivity index is 2.40. The molecule has 0 heterocycles. The summed E-state index contributed by atoms with van der Waals surface area (Å²) in [6, 6.07) is 7.34. The van der Waals surface area contributed by atoms with E-state index >= 15 is 0 Å². The van der Waals surface area contributed by atoms with Gasteiger partial charge in [-0.15, -0.1) is 0 Å². The van der Waals surface area contributed by atoms with Crippen molar-refractivity contribution in [3.63, 3.8) is 0 Å². The fourth-order valence-electron chi connectivity index (χ4n) is 2.80. The Bertz CT molecular complexity index is 357. The van der Waals surface area contributed by atoms with Gasteiger partial charge in [0.05, 0.1) is 0 Å². The SMILES string of the molecule is CCCCCCCCC(NC)c1ccc(C)cc1C. The summed E-state index contributed by atoms with van der Waals surface area (Å²) in [7, 11) is 2.08. The van der Waals surface area contributed by atoms with Crippen molar-refractivity contribution in [3.05, 3.63) is 34.9 Å². The van der Waals surface area contributed by atoms with Gasteiger partial charge < -0.3 is 5.32 Å². The zero-order valence-electron chi connectivity index (χ0n) is 13.3. The maximum Gasteiger partial charge on any atom is 0.0320 e. The third kappa shape index (κ3) is 5.78. The third-order valence-electron chi connectivity index (χ3n) is 4.00. The van der Waals surface area contributed by atoms with Crippen LogP contribution in [0.5, 0.6) is 0 Å². The van der Waals surface area contributed by atoms with Crippen molar-refractivity contribution in [2.75, 3.05) is 7.05 Å². The second-order valence-corrected chi connectivity index (χ2v) is 5.76. The Hall–Kier alpha value is -0.820. The van der Waals surface area contributed by atoms with Crippen molar-refractivity contribution < 1.29 is 0 Å². The molecule has 1 unspecified atom stereocenters. The van der Waals surface area contributed by atoms with E-state index in [1.807, 2.05) is 0 Å². The lowest BCUT2D eigenvalue weighted by molar-refractivity contribution is 0.496. The third-order valence-corrected chi connectivity index (χ3v) is 4.00. The Morgan fingerprint density at radius 3 is 2.32 bits per heavy atom. The van der Waals surface area contributed by atoms with Crippen molar-refractivity contribution in [1.82, 2.24) is 5.32 Å². The maximum absolute atomic E-state index is 3.48. The number of nitrogens with one attached hydrogen (secondary N) is 1. The smallest absolute Gasteiger partial charge is 0.0320 e. The molecule has 19 heavy (non-hydrogen) atoms. The Labute approximate surface area is 119 Å². The lowest BCUT2D eigenvalue weighted by Crippen LogP contribution is -2.17. The van der Waals surface area contributed by atoms with E-state index in [0.29, 0.717) is 6.04 Å². The minimum atomic E-state index is 0.520. The topological polar surface area (TPSA) is 12.0 Å². The Morgan fingerprint density at radius 2 is 1.68 bits per heavy atom. The van der Waals surface area contributed by atoms with Crippen molar-refractivity contribution in [3.8, 4) is 0 Å². The molecule has 0 aliphatic rings. The van der Waals surface area contributed by atoms with Crippen LogP contribution in [-0.4, -0.2) is 7.05 Å². The van der Waals surface area contributed by atoms with Crippen LogP contribution in [0, 0.1) is 13.8 Å². The fraction of sp³-hybridized carbons (Fsp3) is 0.667. The van der Waals surface area contributed by atoms with E-state index in [1.165, 1.54) is 61.6 Å². The van der Waals surface area contributed by atoms with Gasteiger partial charge in [0.25, 0.3) is 0 Å². The van der Waals surface area contributed by atoms with Crippen LogP contribution in [-0.2, 0) is 0 Å². The number of unbranched alkanes of at least 4 members (excludes halogenated alkanes) is 5. The standard InChI is InChI=1S/C18H31N/c1-5-6-7-8-9-10-11-18(19-4)17-13-12-15(2)14-16(17)3/h12-14,18-19H,5-11H2,1-4H3. The molecular weight excluding hydrogens is 230 g/mol. The van der Waals surface area contributed by atoms with Gasteiger partial charge in [-0.3, -0.25) is 0 Å². The summed E-state index contributed by atoms with van der Waals surface area (Å²) in [5, 5.41) is 3.48. The van der Waals surface area contributed by atoms with Gasteiger partial charge in [0.1, 0.15) is 0 Å². The lowest BCUT2D eigenvalue weighted by atomic mass is 9.95. The second kappa shape index (κ2) is 9.14. The normalized spacial score (nSPS) is 12.6. The van der Waals surface area contributed by atoms with Crippen LogP contribution < -0.4 is 5.32 Å². The van der Waals surface area contributed by atoms with Gasteiger partial charge in [-0.05, 0) is 38.4 Å². The first kappa shape index (κ1) is 16.2. The summed E-state index contributed by atoms with van der Waals surface area (Å²) >= 11 is 0. The molecule has 0 saturated carbocycles. The summed E-state index contributed by atoms with van der Waals surface area (Å²) in [5.41, 5.74) is 4.25. The molecule has 0 spiro atoms. The molecule has 108 valence electrons. The summed E-state index contributed by atoms with van der Waals surface area (Å²) in [4.78, 5) is 0. The monoisotopic (exact) mass is 261 g/mol. The van der Waals surface area contributed by atoms with Crippen LogP contribution >= 0.6 is 0 Å². The summed E-state index contributed by atoms with van der Waals surface area (Å²) < 4.78 is 0. The molecular formula is C18H31N. The number of rotatable bonds is 9. The van der Waals surface area contributed by atoms with Crippen LogP contribution in [0.15, 0.2) is 18.2 Å². The second-order valence-electron chi connectivity index (χ2n) is 5.76. The average Bonchev–Trinajstić information content (AvgIpc) is 2.39. The lowest BCUT2D eigenvalue weighted by Gasteiger charge is -2.19. The molecule has 1 heteroatoms. The van der Waals surface area contributed by atoms with Gasteiger partial charge in [0.15, 0.2) is 0 Å². The summed E-state index contributed by atoms with van der Waals surface area (Å²) in [6.07, 6.45) is 9.51. The molecule has 0 aliphatic carbocycles. The van der Waals surface area contributed by atoms with E-state index in [9.17, 15) is 0 Å². The van der Waals surface area contributed by atoms with E-state index in [1.54, 1.807) is 0 Å². The first-order valence-corrected chi connectivity index (χ1v) is 7.93. The van der Waals surface area contributed by atoms with E-state index in [-0.39, 0.29) is 0 Å². The minimum absolute atomic E-state index is 0.520. The van der Waals surface area contributed by atoms with E-state index in [2.05, 4.69) is 51.3 Å². The summed E-state index contributed by atoms with van der Waals surface area (Å²) in [5.74, 6) is 0. The van der Waals surface area contributed by atoms with Gasteiger partial charge >= 0.3 is 0 Å². The molecule has 1 aromatic carbocycles. The van der Waals surface area contributed by atoms with E-state index in [4.69, 9.17) is 0 Å². The Morgan fingerprint density at radius 1 is 1.00 bits per heavy atom. The molecule has 0 bridgehead atoms. The molecule has 0 radical (unpaired) electrons. The zero-order valence-corrected chi connectivity index (χ0v) is 13.3. The minimum Gasteiger partial charge on any atom is -0.313 e. The van der Waals surface area contributed by atoms with Crippen LogP contribution in [0.4, 0.5) is 0 Å². The largest absolute Gasteiger partial charge is 0.313 e. The molecule has 0 aliphatic heterocycles. The summed E-state index contributed by atoms with van der Waals surface area (Å²) in [6.45, 7) is 6.67. The molecule has 0 saturated heterocycles. The van der Waals surface area contributed by atoms with Gasteiger partial charge in [0.2, 0.25) is 0 Å². The average molecular weight is 261 g/mol. The predicted molar refractivity (Wildman–Crippen MR) is 85.7 cm³/mol. The molecule has 1 aromatic rings. The van der Waals surface area contributed by atoms with Crippen LogP contribution in [0.25, 0.3) is 0 Å². The molecule has 1 N–H and O–H groups in total. The van der Waals surface area contributed by atoms with Gasteiger partial charge in [-0.1, -0.05) is 69.2 Å². The fourth-order valence-corrected chi connectivity index (χ4v) is 2.80. The van der Waals surface area contributed by atoms with Gasteiger partial charge in [-0.25, -0.2) is 0 Å². The highest BCUT2D eigenvalue weighted by Crippen LogP contribution is 2.24. The van der Waals surface area contributed by atoms with E-state index < -0.39 is 0 Å². The number of hydrogen-bond donors (Lipinski definition) is 1. The van der Waals surface area contributed by atoms with Crippen molar-refractivity contribution in [2.24, 2.45) is 0 Å². The van der Waals surface area contributed by atoms with Crippen molar-refractivity contribution >= 4 is 0 Å². The number of hydrogen-bond acceptors (Lipinski definition) is 1. The first-order chi connectivity index (χ1) is 9.19. The molecule has 0 amide bonds. The Kier molecular flexibility index (Phi) is 7.81. The van der Waals surface area contributed by atoms with Crippen molar-refractivity contribution in [1.29, 1.82) is 0 Å². The quantitative estimate of drug-likeness (QED) is 0.594. The van der Waals surface area contributed by atoms with Gasteiger partial charge in [0, 0.05) is 6.04 Å². The molecule has 0 aromatic heterocycles. The van der Waals surface area contributed by atoms with Crippen LogP contribution in [0.1, 0.15) is 74.6 Å². The number of aryl methyl sites for hydroxylation is 2. The zero-order chi connectivity index (χ0) is 14.1. The maximum atomic E-state index is 3.48. The van der Waals surface area contributed by atoms with E-state index in [0.717, 1.165) is 0 Å². The first-order valence-electron chi connectivity index (χ1n) is 7.93. The van der Waals surface area contributed by atoms with Crippen LogP contribution in [0.3, 0.4) is 0 Å². The molecule has 0 fully saturated rings. The number of benzene rings is 1. The van der Waals surface area contributed by atoms with Crippen molar-refractivity contribution in [2.45, 2.75) is 71.8 Å². The van der Waals surface area contributed by atoms with Gasteiger partial charge in [-0.2, -0.15) is 0 Å². The molecule has 1 nitrogen and oxygen atoms in total. The predicted octanol–water partition coefficient (Wildman–Crippen LogP) is 5.31. The van der Waals surface area contributed by atoms with Crippen LogP contribution in [0.2, 0.25) is 0 Å². The highest BCUT2D eigenvalue weighted by Gasteiger charge is 2.11. The highest BCUT2D eigenvalue weighted by atomic mass is 14.9. The molecule has 1 atom stereocenters.